The first-order valence-corrected chi connectivity index (χ1v) is 5.50. The zero-order valence-corrected chi connectivity index (χ0v) is 9.92. The van der Waals surface area contributed by atoms with E-state index in [9.17, 15) is 0 Å². The number of benzene rings is 1. The van der Waals surface area contributed by atoms with Crippen LogP contribution in [-0.4, -0.2) is 9.97 Å². The van der Waals surface area contributed by atoms with E-state index in [0.717, 1.165) is 5.75 Å². The van der Waals surface area contributed by atoms with Crippen LogP contribution < -0.4 is 10.5 Å². The van der Waals surface area contributed by atoms with E-state index < -0.39 is 0 Å². The molecule has 0 unspecified atom stereocenters. The van der Waals surface area contributed by atoms with Gasteiger partial charge in [0.15, 0.2) is 0 Å². The molecule has 2 N–H and O–H groups in total. The number of rotatable bonds is 3. The zero-order chi connectivity index (χ0) is 12.3. The summed E-state index contributed by atoms with van der Waals surface area (Å²) in [4.78, 5) is 7.96. The summed E-state index contributed by atoms with van der Waals surface area (Å²) in [5, 5.41) is 0. The normalized spacial score (nSPS) is 10.5. The Labute approximate surface area is 100 Å². The molecule has 4 nitrogen and oxygen atoms in total. The van der Waals surface area contributed by atoms with Crippen molar-refractivity contribution in [1.29, 1.82) is 0 Å². The molecule has 2 rings (SSSR count). The second-order valence-corrected chi connectivity index (χ2v) is 4.11. The van der Waals surface area contributed by atoms with Crippen LogP contribution in [0.5, 0.6) is 11.6 Å². The molecule has 0 bridgehead atoms. The molecule has 0 saturated heterocycles. The number of aromatic nitrogens is 2. The standard InChI is InChI=1S/C13H15N3O/c1-9(2)10-4-3-5-11(6-10)17-13-8-15-7-12(14)16-13/h3-9H,1-2H3,(H2,14,16). The van der Waals surface area contributed by atoms with Crippen LogP contribution in [0.2, 0.25) is 0 Å². The minimum atomic E-state index is 0.350. The van der Waals surface area contributed by atoms with E-state index in [2.05, 4.69) is 29.9 Å². The van der Waals surface area contributed by atoms with E-state index in [1.807, 2.05) is 18.2 Å². The van der Waals surface area contributed by atoms with Crippen LogP contribution >= 0.6 is 0 Å². The van der Waals surface area contributed by atoms with Gasteiger partial charge in [-0.05, 0) is 23.6 Å². The second-order valence-electron chi connectivity index (χ2n) is 4.11. The van der Waals surface area contributed by atoms with E-state index in [1.165, 1.54) is 11.8 Å². The summed E-state index contributed by atoms with van der Waals surface area (Å²) in [6.45, 7) is 4.28. The van der Waals surface area contributed by atoms with Crippen molar-refractivity contribution < 1.29 is 4.74 Å². The van der Waals surface area contributed by atoms with Gasteiger partial charge >= 0.3 is 0 Å². The molecule has 0 atom stereocenters. The summed E-state index contributed by atoms with van der Waals surface area (Å²) < 4.78 is 5.60. The summed E-state index contributed by atoms with van der Waals surface area (Å²) in [6.07, 6.45) is 3.02. The summed E-state index contributed by atoms with van der Waals surface area (Å²) >= 11 is 0. The molecular weight excluding hydrogens is 214 g/mol. The molecular formula is C13H15N3O. The van der Waals surface area contributed by atoms with E-state index >= 15 is 0 Å². The molecule has 0 fully saturated rings. The molecule has 0 aliphatic carbocycles. The van der Waals surface area contributed by atoms with Gasteiger partial charge < -0.3 is 10.5 Å². The predicted octanol–water partition coefficient (Wildman–Crippen LogP) is 2.97. The fourth-order valence-electron chi connectivity index (χ4n) is 1.47. The number of nitrogen functional groups attached to an aromatic ring is 1. The van der Waals surface area contributed by atoms with Crippen LogP contribution in [-0.2, 0) is 0 Å². The van der Waals surface area contributed by atoms with Crippen molar-refractivity contribution in [2.24, 2.45) is 0 Å². The Hall–Kier alpha value is -2.10. The Kier molecular flexibility index (Phi) is 3.23. The van der Waals surface area contributed by atoms with Crippen molar-refractivity contribution >= 4 is 5.82 Å². The van der Waals surface area contributed by atoms with Crippen molar-refractivity contribution in [1.82, 2.24) is 9.97 Å². The van der Waals surface area contributed by atoms with Gasteiger partial charge in [0, 0.05) is 0 Å². The second kappa shape index (κ2) is 4.82. The third-order valence-corrected chi connectivity index (χ3v) is 2.38. The Balaban J connectivity index is 2.21. The van der Waals surface area contributed by atoms with Crippen LogP contribution in [0.3, 0.4) is 0 Å². The first kappa shape index (κ1) is 11.4. The van der Waals surface area contributed by atoms with Crippen LogP contribution in [0.1, 0.15) is 25.3 Å². The van der Waals surface area contributed by atoms with Crippen molar-refractivity contribution in [2.75, 3.05) is 5.73 Å². The van der Waals surface area contributed by atoms with Gasteiger partial charge in [-0.3, -0.25) is 4.98 Å². The molecule has 1 aromatic heterocycles. The fraction of sp³-hybridized carbons (Fsp3) is 0.231. The Morgan fingerprint density at radius 3 is 2.76 bits per heavy atom. The lowest BCUT2D eigenvalue weighted by molar-refractivity contribution is 0.460. The summed E-state index contributed by atoms with van der Waals surface area (Å²) in [5.74, 6) is 1.97. The molecule has 0 saturated carbocycles. The van der Waals surface area contributed by atoms with Gasteiger partial charge in [0.1, 0.15) is 11.6 Å². The minimum absolute atomic E-state index is 0.350. The maximum atomic E-state index is 5.60. The van der Waals surface area contributed by atoms with Gasteiger partial charge in [0.25, 0.3) is 0 Å². The lowest BCUT2D eigenvalue weighted by atomic mass is 10.0. The van der Waals surface area contributed by atoms with E-state index in [-0.39, 0.29) is 0 Å². The molecule has 2 aromatic rings. The largest absolute Gasteiger partial charge is 0.437 e. The highest BCUT2D eigenvalue weighted by Crippen LogP contribution is 2.23. The van der Waals surface area contributed by atoms with Crippen molar-refractivity contribution in [3.63, 3.8) is 0 Å². The maximum absolute atomic E-state index is 5.60. The molecule has 0 aliphatic rings. The maximum Gasteiger partial charge on any atom is 0.239 e. The van der Waals surface area contributed by atoms with Crippen LogP contribution in [0, 0.1) is 0 Å². The molecule has 17 heavy (non-hydrogen) atoms. The smallest absolute Gasteiger partial charge is 0.239 e. The quantitative estimate of drug-likeness (QED) is 0.878. The van der Waals surface area contributed by atoms with E-state index in [4.69, 9.17) is 10.5 Å². The number of hydrogen-bond acceptors (Lipinski definition) is 4. The molecule has 0 amide bonds. The number of hydrogen-bond donors (Lipinski definition) is 1. The number of nitrogens with zero attached hydrogens (tertiary/aromatic N) is 2. The topological polar surface area (TPSA) is 61.0 Å². The molecule has 4 heteroatoms. The van der Waals surface area contributed by atoms with Crippen molar-refractivity contribution in [3.05, 3.63) is 42.2 Å². The number of nitrogens with two attached hydrogens (primary N) is 1. The Bertz CT molecular complexity index is 512. The number of anilines is 1. The van der Waals surface area contributed by atoms with E-state index in [1.54, 1.807) is 6.20 Å². The van der Waals surface area contributed by atoms with E-state index in [0.29, 0.717) is 17.6 Å². The monoisotopic (exact) mass is 229 g/mol. The average molecular weight is 229 g/mol. The lowest BCUT2D eigenvalue weighted by Gasteiger charge is -2.08. The van der Waals surface area contributed by atoms with Gasteiger partial charge in [-0.15, -0.1) is 0 Å². The molecule has 1 heterocycles. The molecule has 0 aliphatic heterocycles. The van der Waals surface area contributed by atoms with Gasteiger partial charge in [-0.1, -0.05) is 26.0 Å². The summed E-state index contributed by atoms with van der Waals surface area (Å²) in [5.41, 5.74) is 6.76. The third kappa shape index (κ3) is 2.93. The molecule has 0 radical (unpaired) electrons. The van der Waals surface area contributed by atoms with Gasteiger partial charge in [-0.25, -0.2) is 0 Å². The number of ether oxygens (including phenoxy) is 1. The molecule has 88 valence electrons. The Morgan fingerprint density at radius 2 is 2.06 bits per heavy atom. The summed E-state index contributed by atoms with van der Waals surface area (Å²) in [6, 6.07) is 7.92. The highest BCUT2D eigenvalue weighted by molar-refractivity contribution is 5.34. The zero-order valence-electron chi connectivity index (χ0n) is 9.92. The van der Waals surface area contributed by atoms with Crippen molar-refractivity contribution in [3.8, 4) is 11.6 Å². The van der Waals surface area contributed by atoms with Crippen LogP contribution in [0.25, 0.3) is 0 Å². The third-order valence-electron chi connectivity index (χ3n) is 2.38. The first-order chi connectivity index (χ1) is 8.15. The highest BCUT2D eigenvalue weighted by Gasteiger charge is 2.03. The molecule has 1 aromatic carbocycles. The van der Waals surface area contributed by atoms with Gasteiger partial charge in [0.2, 0.25) is 5.88 Å². The highest BCUT2D eigenvalue weighted by atomic mass is 16.5. The molecule has 0 spiro atoms. The van der Waals surface area contributed by atoms with Crippen LogP contribution in [0.4, 0.5) is 5.82 Å². The lowest BCUT2D eigenvalue weighted by Crippen LogP contribution is -1.95. The fourth-order valence-corrected chi connectivity index (χ4v) is 1.47. The summed E-state index contributed by atoms with van der Waals surface area (Å²) in [7, 11) is 0. The van der Waals surface area contributed by atoms with Gasteiger partial charge in [-0.2, -0.15) is 4.98 Å². The minimum Gasteiger partial charge on any atom is -0.437 e. The predicted molar refractivity (Wildman–Crippen MR) is 67.0 cm³/mol. The van der Waals surface area contributed by atoms with Crippen LogP contribution in [0.15, 0.2) is 36.7 Å². The first-order valence-electron chi connectivity index (χ1n) is 5.50. The SMILES string of the molecule is CC(C)c1cccc(Oc2cncc(N)n2)c1. The van der Waals surface area contributed by atoms with Gasteiger partial charge in [0.05, 0.1) is 12.4 Å². The van der Waals surface area contributed by atoms with Crippen molar-refractivity contribution in [2.45, 2.75) is 19.8 Å². The average Bonchev–Trinajstić information content (AvgIpc) is 2.29. The Morgan fingerprint density at radius 1 is 1.24 bits per heavy atom.